The normalized spacial score (nSPS) is 12.3. The Labute approximate surface area is 125 Å². The lowest BCUT2D eigenvalue weighted by molar-refractivity contribution is -0.137. The summed E-state index contributed by atoms with van der Waals surface area (Å²) in [5, 5.41) is 10.8. The second-order valence-corrected chi connectivity index (χ2v) is 5.54. The average molecular weight is 338 g/mol. The van der Waals surface area contributed by atoms with E-state index in [1.54, 1.807) is 7.11 Å². The second-order valence-electron chi connectivity index (χ2n) is 4.62. The number of halogens is 1. The standard InChI is InChI=1S/C15H16BrNO3/c1-20-14-8-9-2-3-11(16)6-10(9)7-12(14)13(17)4-5-15(18)19/h2-3,6-8,13H,4-5,17H2,1H3,(H,18,19). The van der Waals surface area contributed by atoms with Gasteiger partial charge in [0.25, 0.3) is 0 Å². The molecule has 0 amide bonds. The molecule has 5 heteroatoms. The molecular formula is C15H16BrNO3. The van der Waals surface area contributed by atoms with Crippen molar-refractivity contribution in [2.24, 2.45) is 5.73 Å². The molecule has 0 aliphatic heterocycles. The van der Waals surface area contributed by atoms with E-state index >= 15 is 0 Å². The van der Waals surface area contributed by atoms with Gasteiger partial charge in [0.2, 0.25) is 0 Å². The molecule has 0 spiro atoms. The molecule has 1 atom stereocenters. The van der Waals surface area contributed by atoms with Crippen molar-refractivity contribution in [3.05, 3.63) is 40.4 Å². The van der Waals surface area contributed by atoms with Crippen LogP contribution < -0.4 is 10.5 Å². The molecule has 0 aliphatic rings. The SMILES string of the molecule is COc1cc2ccc(Br)cc2cc1C(N)CCC(=O)O. The summed E-state index contributed by atoms with van der Waals surface area (Å²) >= 11 is 3.44. The number of nitrogens with two attached hydrogens (primary N) is 1. The van der Waals surface area contributed by atoms with Crippen molar-refractivity contribution in [3.8, 4) is 5.75 Å². The molecule has 0 aromatic heterocycles. The van der Waals surface area contributed by atoms with Crippen LogP contribution >= 0.6 is 15.9 Å². The highest BCUT2D eigenvalue weighted by molar-refractivity contribution is 9.10. The van der Waals surface area contributed by atoms with Crippen LogP contribution in [0.3, 0.4) is 0 Å². The number of carboxylic acid groups (broad SMARTS) is 1. The quantitative estimate of drug-likeness (QED) is 0.876. The van der Waals surface area contributed by atoms with Crippen molar-refractivity contribution in [2.75, 3.05) is 7.11 Å². The van der Waals surface area contributed by atoms with E-state index in [0.29, 0.717) is 12.2 Å². The Morgan fingerprint density at radius 1 is 1.35 bits per heavy atom. The van der Waals surface area contributed by atoms with Gasteiger partial charge in [-0.25, -0.2) is 0 Å². The van der Waals surface area contributed by atoms with Crippen molar-refractivity contribution >= 4 is 32.7 Å². The Morgan fingerprint density at radius 2 is 2.10 bits per heavy atom. The van der Waals surface area contributed by atoms with Gasteiger partial charge < -0.3 is 15.6 Å². The molecule has 106 valence electrons. The van der Waals surface area contributed by atoms with Crippen molar-refractivity contribution < 1.29 is 14.6 Å². The van der Waals surface area contributed by atoms with Gasteiger partial charge in [0, 0.05) is 22.5 Å². The van der Waals surface area contributed by atoms with Gasteiger partial charge in [-0.2, -0.15) is 0 Å². The van der Waals surface area contributed by atoms with E-state index in [1.807, 2.05) is 30.3 Å². The highest BCUT2D eigenvalue weighted by Gasteiger charge is 2.14. The van der Waals surface area contributed by atoms with Gasteiger partial charge in [0.05, 0.1) is 7.11 Å². The van der Waals surface area contributed by atoms with Crippen LogP contribution in [0, 0.1) is 0 Å². The number of hydrogen-bond donors (Lipinski definition) is 2. The van der Waals surface area contributed by atoms with E-state index in [-0.39, 0.29) is 12.5 Å². The molecule has 0 radical (unpaired) electrons. The number of hydrogen-bond acceptors (Lipinski definition) is 3. The lowest BCUT2D eigenvalue weighted by Crippen LogP contribution is -2.13. The van der Waals surface area contributed by atoms with Gasteiger partial charge in [0.15, 0.2) is 0 Å². The van der Waals surface area contributed by atoms with Crippen molar-refractivity contribution in [3.63, 3.8) is 0 Å². The number of fused-ring (bicyclic) bond motifs is 1. The van der Waals surface area contributed by atoms with E-state index < -0.39 is 5.97 Å². The van der Waals surface area contributed by atoms with Crippen LogP contribution in [-0.4, -0.2) is 18.2 Å². The average Bonchev–Trinajstić information content (AvgIpc) is 2.43. The maximum absolute atomic E-state index is 10.7. The Balaban J connectivity index is 2.41. The van der Waals surface area contributed by atoms with E-state index in [0.717, 1.165) is 20.8 Å². The zero-order valence-corrected chi connectivity index (χ0v) is 12.7. The Kier molecular flexibility index (Phi) is 4.62. The first-order valence-electron chi connectivity index (χ1n) is 6.26. The van der Waals surface area contributed by atoms with Crippen LogP contribution in [-0.2, 0) is 4.79 Å². The Bertz CT molecular complexity index is 642. The molecule has 3 N–H and O–H groups in total. The molecule has 2 aromatic rings. The number of aliphatic carboxylic acids is 1. The van der Waals surface area contributed by atoms with Gasteiger partial charge in [-0.3, -0.25) is 4.79 Å². The van der Waals surface area contributed by atoms with Crippen LogP contribution in [0.2, 0.25) is 0 Å². The number of carbonyl (C=O) groups is 1. The number of benzene rings is 2. The molecular weight excluding hydrogens is 322 g/mol. The predicted octanol–water partition coefficient (Wildman–Crippen LogP) is 3.48. The minimum Gasteiger partial charge on any atom is -0.496 e. The first-order valence-corrected chi connectivity index (χ1v) is 7.05. The van der Waals surface area contributed by atoms with Crippen molar-refractivity contribution in [1.29, 1.82) is 0 Å². The number of ether oxygens (including phenoxy) is 1. The summed E-state index contributed by atoms with van der Waals surface area (Å²) < 4.78 is 6.36. The van der Waals surface area contributed by atoms with Crippen LogP contribution in [0.4, 0.5) is 0 Å². The number of carboxylic acids is 1. The molecule has 1 unspecified atom stereocenters. The molecule has 0 fully saturated rings. The van der Waals surface area contributed by atoms with Gasteiger partial charge in [0.1, 0.15) is 5.75 Å². The molecule has 0 saturated carbocycles. The lowest BCUT2D eigenvalue weighted by atomic mass is 9.98. The highest BCUT2D eigenvalue weighted by Crippen LogP contribution is 2.32. The molecule has 4 nitrogen and oxygen atoms in total. The second kappa shape index (κ2) is 6.24. The first kappa shape index (κ1) is 14.8. The van der Waals surface area contributed by atoms with E-state index in [9.17, 15) is 4.79 Å². The lowest BCUT2D eigenvalue weighted by Gasteiger charge is -2.16. The van der Waals surface area contributed by atoms with Gasteiger partial charge in [-0.1, -0.05) is 22.0 Å². The topological polar surface area (TPSA) is 72.5 Å². The molecule has 0 aliphatic carbocycles. The summed E-state index contributed by atoms with van der Waals surface area (Å²) in [4.78, 5) is 10.7. The maximum Gasteiger partial charge on any atom is 0.303 e. The highest BCUT2D eigenvalue weighted by atomic mass is 79.9. The van der Waals surface area contributed by atoms with Crippen molar-refractivity contribution in [2.45, 2.75) is 18.9 Å². The summed E-state index contributed by atoms with van der Waals surface area (Å²) in [5.74, 6) is -0.152. The van der Waals surface area contributed by atoms with Crippen molar-refractivity contribution in [1.82, 2.24) is 0 Å². The molecule has 20 heavy (non-hydrogen) atoms. The van der Waals surface area contributed by atoms with Gasteiger partial charge >= 0.3 is 5.97 Å². The van der Waals surface area contributed by atoms with Crippen LogP contribution in [0.5, 0.6) is 5.75 Å². The number of rotatable bonds is 5. The van der Waals surface area contributed by atoms with E-state index in [1.165, 1.54) is 0 Å². The zero-order chi connectivity index (χ0) is 14.7. The third-order valence-corrected chi connectivity index (χ3v) is 3.71. The van der Waals surface area contributed by atoms with Gasteiger partial charge in [-0.05, 0) is 41.5 Å². The van der Waals surface area contributed by atoms with Crippen LogP contribution in [0.15, 0.2) is 34.8 Å². The fraction of sp³-hybridized carbons (Fsp3) is 0.267. The minimum absolute atomic E-state index is 0.0425. The fourth-order valence-corrected chi connectivity index (χ4v) is 2.55. The first-order chi connectivity index (χ1) is 9.51. The number of methoxy groups -OCH3 is 1. The fourth-order valence-electron chi connectivity index (χ4n) is 2.17. The third-order valence-electron chi connectivity index (χ3n) is 3.22. The zero-order valence-electron chi connectivity index (χ0n) is 11.1. The molecule has 0 heterocycles. The minimum atomic E-state index is -0.844. The summed E-state index contributed by atoms with van der Waals surface area (Å²) in [6.45, 7) is 0. The summed E-state index contributed by atoms with van der Waals surface area (Å²) in [7, 11) is 1.59. The van der Waals surface area contributed by atoms with E-state index in [2.05, 4.69) is 15.9 Å². The van der Waals surface area contributed by atoms with Crippen LogP contribution in [0.25, 0.3) is 10.8 Å². The maximum atomic E-state index is 10.7. The monoisotopic (exact) mass is 337 g/mol. The molecule has 2 rings (SSSR count). The Morgan fingerprint density at radius 3 is 2.75 bits per heavy atom. The summed E-state index contributed by atoms with van der Waals surface area (Å²) in [5.41, 5.74) is 6.93. The molecule has 0 saturated heterocycles. The largest absolute Gasteiger partial charge is 0.496 e. The van der Waals surface area contributed by atoms with Crippen LogP contribution in [0.1, 0.15) is 24.4 Å². The van der Waals surface area contributed by atoms with Gasteiger partial charge in [-0.15, -0.1) is 0 Å². The molecule has 2 aromatic carbocycles. The molecule has 0 bridgehead atoms. The third kappa shape index (κ3) is 3.29. The summed E-state index contributed by atoms with van der Waals surface area (Å²) in [6.07, 6.45) is 0.423. The smallest absolute Gasteiger partial charge is 0.303 e. The predicted molar refractivity (Wildman–Crippen MR) is 82.0 cm³/mol. The Hall–Kier alpha value is -1.59. The summed E-state index contributed by atoms with van der Waals surface area (Å²) in [6, 6.07) is 9.50. The van der Waals surface area contributed by atoms with E-state index in [4.69, 9.17) is 15.6 Å².